The number of rotatable bonds is 2. The summed E-state index contributed by atoms with van der Waals surface area (Å²) in [5.74, 6) is 0.120. The second-order valence-corrected chi connectivity index (χ2v) is 2.19. The Hall–Kier alpha value is 0.200. The summed E-state index contributed by atoms with van der Waals surface area (Å²) in [5, 5.41) is 2.52. The van der Waals surface area contributed by atoms with E-state index < -0.39 is 0 Å². The number of halogens is 1. The lowest BCUT2D eigenvalue weighted by atomic mass is 10.5. The van der Waals surface area contributed by atoms with Crippen LogP contribution in [0.1, 0.15) is 6.42 Å². The van der Waals surface area contributed by atoms with Gasteiger partial charge in [-0.3, -0.25) is 4.79 Å². The number of carbonyl (C=O) groups is 1. The highest BCUT2D eigenvalue weighted by Crippen LogP contribution is 1.85. The van der Waals surface area contributed by atoms with Crippen LogP contribution in [0.4, 0.5) is 0 Å². The van der Waals surface area contributed by atoms with E-state index in [1.54, 1.807) is 7.05 Å². The van der Waals surface area contributed by atoms with Gasteiger partial charge in [-0.25, -0.2) is 0 Å². The lowest BCUT2D eigenvalue weighted by Gasteiger charge is -1.90. The molecule has 0 aliphatic rings. The second kappa shape index (κ2) is 4.36. The van der Waals surface area contributed by atoms with Crippen LogP contribution >= 0.6 is 22.6 Å². The van der Waals surface area contributed by atoms with Gasteiger partial charge in [0.05, 0.1) is 0 Å². The molecule has 0 fully saturated rings. The molecular weight excluding hydrogens is 205 g/mol. The zero-order valence-electron chi connectivity index (χ0n) is 4.20. The third kappa shape index (κ3) is 4.04. The zero-order chi connectivity index (χ0) is 5.70. The fourth-order valence-corrected chi connectivity index (χ4v) is 0.701. The van der Waals surface area contributed by atoms with Crippen molar-refractivity contribution in [2.45, 2.75) is 6.42 Å². The summed E-state index contributed by atoms with van der Waals surface area (Å²) < 4.78 is 0.900. The van der Waals surface area contributed by atoms with Gasteiger partial charge < -0.3 is 5.32 Å². The summed E-state index contributed by atoms with van der Waals surface area (Å²) in [6, 6.07) is 0. The van der Waals surface area contributed by atoms with Crippen LogP contribution in [0.25, 0.3) is 0 Å². The van der Waals surface area contributed by atoms with Gasteiger partial charge in [-0.05, 0) is 0 Å². The molecule has 0 unspecified atom stereocenters. The van der Waals surface area contributed by atoms with E-state index >= 15 is 0 Å². The molecule has 0 aromatic carbocycles. The molecule has 3 heteroatoms. The highest BCUT2D eigenvalue weighted by atomic mass is 127. The number of carbonyl (C=O) groups excluding carboxylic acids is 1. The maximum Gasteiger partial charge on any atom is 0.220 e. The van der Waals surface area contributed by atoms with E-state index in [1.807, 2.05) is 0 Å². The van der Waals surface area contributed by atoms with Gasteiger partial charge in [0, 0.05) is 17.9 Å². The molecule has 0 radical (unpaired) electrons. The topological polar surface area (TPSA) is 29.1 Å². The Morgan fingerprint density at radius 1 is 1.86 bits per heavy atom. The summed E-state index contributed by atoms with van der Waals surface area (Å²) in [4.78, 5) is 10.3. The molecule has 0 saturated heterocycles. The quantitative estimate of drug-likeness (QED) is 0.526. The van der Waals surface area contributed by atoms with Crippen LogP contribution in [0.15, 0.2) is 0 Å². The molecule has 0 heterocycles. The van der Waals surface area contributed by atoms with Crippen LogP contribution in [0.3, 0.4) is 0 Å². The maximum atomic E-state index is 10.3. The molecule has 0 aliphatic heterocycles. The van der Waals surface area contributed by atoms with Gasteiger partial charge >= 0.3 is 0 Å². The van der Waals surface area contributed by atoms with Crippen molar-refractivity contribution in [3.05, 3.63) is 0 Å². The van der Waals surface area contributed by atoms with Crippen molar-refractivity contribution < 1.29 is 4.79 Å². The number of alkyl halides is 1. The Kier molecular flexibility index (Phi) is 4.49. The van der Waals surface area contributed by atoms with Gasteiger partial charge in [0.25, 0.3) is 0 Å². The Morgan fingerprint density at radius 3 is 2.57 bits per heavy atom. The fourth-order valence-electron chi connectivity index (χ4n) is 0.211. The first-order valence-electron chi connectivity index (χ1n) is 2.07. The monoisotopic (exact) mass is 213 g/mol. The van der Waals surface area contributed by atoms with Crippen LogP contribution in [0, 0.1) is 0 Å². The molecule has 7 heavy (non-hydrogen) atoms. The summed E-state index contributed by atoms with van der Waals surface area (Å²) in [6.07, 6.45) is 0.636. The van der Waals surface area contributed by atoms with Gasteiger partial charge in [0.2, 0.25) is 5.91 Å². The highest BCUT2D eigenvalue weighted by Gasteiger charge is 1.90. The molecule has 0 atom stereocenters. The average Bonchev–Trinajstić information content (AvgIpc) is 1.68. The van der Waals surface area contributed by atoms with Gasteiger partial charge in [0.1, 0.15) is 0 Å². The van der Waals surface area contributed by atoms with Gasteiger partial charge in [-0.1, -0.05) is 22.6 Å². The molecule has 0 bridgehead atoms. The first-order valence-corrected chi connectivity index (χ1v) is 3.60. The summed E-state index contributed by atoms with van der Waals surface area (Å²) in [5.41, 5.74) is 0. The minimum Gasteiger partial charge on any atom is -0.359 e. The van der Waals surface area contributed by atoms with Gasteiger partial charge in [-0.2, -0.15) is 0 Å². The first kappa shape index (κ1) is 7.20. The van der Waals surface area contributed by atoms with Crippen molar-refractivity contribution in [3.63, 3.8) is 0 Å². The number of hydrogen-bond donors (Lipinski definition) is 1. The largest absolute Gasteiger partial charge is 0.359 e. The summed E-state index contributed by atoms with van der Waals surface area (Å²) in [6.45, 7) is 0. The highest BCUT2D eigenvalue weighted by molar-refractivity contribution is 14.1. The van der Waals surface area contributed by atoms with Crippen molar-refractivity contribution in [2.24, 2.45) is 0 Å². The minimum atomic E-state index is 0.120. The van der Waals surface area contributed by atoms with E-state index in [1.165, 1.54) is 0 Å². The Labute approximate surface area is 56.8 Å². The van der Waals surface area contributed by atoms with Crippen molar-refractivity contribution in [1.82, 2.24) is 5.32 Å². The van der Waals surface area contributed by atoms with E-state index in [2.05, 4.69) is 27.9 Å². The Balaban J connectivity index is 3.00. The maximum absolute atomic E-state index is 10.3. The Morgan fingerprint density at radius 2 is 2.43 bits per heavy atom. The smallest absolute Gasteiger partial charge is 0.220 e. The predicted molar refractivity (Wildman–Crippen MR) is 37.6 cm³/mol. The van der Waals surface area contributed by atoms with E-state index in [-0.39, 0.29) is 5.91 Å². The third-order valence-electron chi connectivity index (χ3n) is 0.600. The standard InChI is InChI=1S/C4H8INO/c1-6-4(7)2-3-5/h2-3H2,1H3,(H,6,7). The van der Waals surface area contributed by atoms with E-state index in [0.717, 1.165) is 4.43 Å². The number of nitrogens with one attached hydrogen (secondary N) is 1. The first-order chi connectivity index (χ1) is 3.31. The van der Waals surface area contributed by atoms with Crippen LogP contribution in [-0.4, -0.2) is 17.4 Å². The van der Waals surface area contributed by atoms with E-state index in [9.17, 15) is 4.79 Å². The molecule has 1 N–H and O–H groups in total. The third-order valence-corrected chi connectivity index (χ3v) is 1.14. The zero-order valence-corrected chi connectivity index (χ0v) is 6.36. The van der Waals surface area contributed by atoms with Crippen LogP contribution < -0.4 is 5.32 Å². The van der Waals surface area contributed by atoms with Crippen molar-refractivity contribution in [3.8, 4) is 0 Å². The summed E-state index contributed by atoms with van der Waals surface area (Å²) >= 11 is 2.17. The molecule has 0 saturated carbocycles. The molecule has 0 spiro atoms. The minimum absolute atomic E-state index is 0.120. The van der Waals surface area contributed by atoms with Crippen molar-refractivity contribution in [1.29, 1.82) is 0 Å². The lowest BCUT2D eigenvalue weighted by molar-refractivity contribution is -0.120. The number of amides is 1. The van der Waals surface area contributed by atoms with Crippen molar-refractivity contribution in [2.75, 3.05) is 11.5 Å². The van der Waals surface area contributed by atoms with Crippen molar-refractivity contribution >= 4 is 28.5 Å². The SMILES string of the molecule is CNC(=O)CCI. The molecule has 2 nitrogen and oxygen atoms in total. The van der Waals surface area contributed by atoms with Gasteiger partial charge in [0.15, 0.2) is 0 Å². The normalized spacial score (nSPS) is 8.29. The Bertz CT molecular complexity index is 64.7. The lowest BCUT2D eigenvalue weighted by Crippen LogP contribution is -2.17. The molecular formula is C4H8INO. The molecule has 0 rings (SSSR count). The molecule has 0 aromatic rings. The van der Waals surface area contributed by atoms with E-state index in [4.69, 9.17) is 0 Å². The molecule has 0 aromatic heterocycles. The number of hydrogen-bond acceptors (Lipinski definition) is 1. The average molecular weight is 213 g/mol. The van der Waals surface area contributed by atoms with Crippen LogP contribution in [-0.2, 0) is 4.79 Å². The molecule has 42 valence electrons. The van der Waals surface area contributed by atoms with Crippen LogP contribution in [0.2, 0.25) is 0 Å². The van der Waals surface area contributed by atoms with E-state index in [0.29, 0.717) is 6.42 Å². The van der Waals surface area contributed by atoms with Crippen LogP contribution in [0.5, 0.6) is 0 Å². The molecule has 0 aliphatic carbocycles. The fraction of sp³-hybridized carbons (Fsp3) is 0.750. The van der Waals surface area contributed by atoms with Gasteiger partial charge in [-0.15, -0.1) is 0 Å². The predicted octanol–water partition coefficient (Wildman–Crippen LogP) is 0.558. The molecule has 1 amide bonds. The summed E-state index contributed by atoms with van der Waals surface area (Å²) in [7, 11) is 1.65. The second-order valence-electron chi connectivity index (χ2n) is 1.11.